The Balaban J connectivity index is 0.00000200. The fourth-order valence-electron chi connectivity index (χ4n) is 3.47. The molecule has 1 aliphatic carbocycles. The van der Waals surface area contributed by atoms with Crippen LogP contribution in [0.25, 0.3) is 0 Å². The zero-order valence-electron chi connectivity index (χ0n) is 13.0. The van der Waals surface area contributed by atoms with Crippen LogP contribution in [-0.4, -0.2) is 50.8 Å². The number of hydrogen-bond donors (Lipinski definition) is 1. The van der Waals surface area contributed by atoms with Crippen LogP contribution >= 0.6 is 24.0 Å². The van der Waals surface area contributed by atoms with Gasteiger partial charge in [0.05, 0.1) is 0 Å². The summed E-state index contributed by atoms with van der Waals surface area (Å²) in [6.45, 7) is 7.14. The Labute approximate surface area is 140 Å². The molecule has 4 nitrogen and oxygen atoms in total. The molecular formula is C15H30IN3O. The number of ether oxygens (including phenoxy) is 1. The summed E-state index contributed by atoms with van der Waals surface area (Å²) >= 11 is 0. The lowest BCUT2D eigenvalue weighted by Gasteiger charge is -2.25. The van der Waals surface area contributed by atoms with Crippen LogP contribution in [0.3, 0.4) is 0 Å². The van der Waals surface area contributed by atoms with Crippen LogP contribution in [0.1, 0.15) is 45.4 Å². The molecule has 1 aliphatic heterocycles. The number of rotatable bonds is 5. The van der Waals surface area contributed by atoms with Gasteiger partial charge in [0.15, 0.2) is 5.96 Å². The fraction of sp³-hybridized carbons (Fsp3) is 0.933. The summed E-state index contributed by atoms with van der Waals surface area (Å²) < 4.78 is 5.08. The van der Waals surface area contributed by atoms with Gasteiger partial charge in [-0.05, 0) is 38.0 Å². The van der Waals surface area contributed by atoms with Gasteiger partial charge in [-0.25, -0.2) is 0 Å². The van der Waals surface area contributed by atoms with Crippen molar-refractivity contribution in [2.75, 3.05) is 39.9 Å². The van der Waals surface area contributed by atoms with E-state index in [4.69, 9.17) is 9.73 Å². The minimum Gasteiger partial charge on any atom is -0.385 e. The van der Waals surface area contributed by atoms with Gasteiger partial charge in [0.1, 0.15) is 0 Å². The highest BCUT2D eigenvalue weighted by atomic mass is 127. The Kier molecular flexibility index (Phi) is 8.17. The molecule has 1 N–H and O–H groups in total. The van der Waals surface area contributed by atoms with Gasteiger partial charge in [0.25, 0.3) is 0 Å². The maximum Gasteiger partial charge on any atom is 0.193 e. The van der Waals surface area contributed by atoms with Gasteiger partial charge in [-0.15, -0.1) is 24.0 Å². The van der Waals surface area contributed by atoms with Crippen LogP contribution in [0.2, 0.25) is 0 Å². The van der Waals surface area contributed by atoms with Crippen molar-refractivity contribution in [3.8, 4) is 0 Å². The van der Waals surface area contributed by atoms with Crippen molar-refractivity contribution < 1.29 is 4.74 Å². The quantitative estimate of drug-likeness (QED) is 0.337. The molecule has 0 aromatic rings. The van der Waals surface area contributed by atoms with Crippen LogP contribution in [0.5, 0.6) is 0 Å². The van der Waals surface area contributed by atoms with E-state index in [0.717, 1.165) is 32.1 Å². The number of methoxy groups -OCH3 is 1. The van der Waals surface area contributed by atoms with Crippen molar-refractivity contribution in [3.63, 3.8) is 0 Å². The number of hydrogen-bond acceptors (Lipinski definition) is 2. The molecule has 0 atom stereocenters. The molecule has 118 valence electrons. The molecule has 2 rings (SSSR count). The highest BCUT2D eigenvalue weighted by molar-refractivity contribution is 14.0. The third-order valence-corrected chi connectivity index (χ3v) is 4.51. The minimum absolute atomic E-state index is 0. The van der Waals surface area contributed by atoms with E-state index in [1.54, 1.807) is 7.11 Å². The smallest absolute Gasteiger partial charge is 0.193 e. The van der Waals surface area contributed by atoms with Gasteiger partial charge >= 0.3 is 0 Å². The molecule has 1 saturated heterocycles. The molecule has 2 aliphatic rings. The molecule has 0 unspecified atom stereocenters. The highest BCUT2D eigenvalue weighted by Gasteiger charge is 2.40. The number of aliphatic imine (C=N–C) groups is 1. The highest BCUT2D eigenvalue weighted by Crippen LogP contribution is 2.45. The monoisotopic (exact) mass is 395 g/mol. The zero-order chi connectivity index (χ0) is 13.6. The van der Waals surface area contributed by atoms with E-state index in [1.165, 1.54) is 45.2 Å². The second-order valence-electron chi connectivity index (χ2n) is 5.96. The van der Waals surface area contributed by atoms with E-state index in [1.807, 2.05) is 0 Å². The van der Waals surface area contributed by atoms with Crippen LogP contribution in [0, 0.1) is 5.41 Å². The van der Waals surface area contributed by atoms with Gasteiger partial charge in [-0.3, -0.25) is 4.99 Å². The third kappa shape index (κ3) is 4.76. The number of nitrogens with one attached hydrogen (secondary N) is 1. The summed E-state index contributed by atoms with van der Waals surface area (Å²) in [7, 11) is 1.75. The molecule has 1 saturated carbocycles. The van der Waals surface area contributed by atoms with Gasteiger partial charge in [0, 0.05) is 39.9 Å². The van der Waals surface area contributed by atoms with E-state index < -0.39 is 0 Å². The van der Waals surface area contributed by atoms with E-state index in [-0.39, 0.29) is 24.0 Å². The molecule has 1 heterocycles. The molecule has 1 spiro atoms. The average molecular weight is 395 g/mol. The maximum absolute atomic E-state index is 5.08. The Morgan fingerprint density at radius 1 is 1.30 bits per heavy atom. The predicted molar refractivity (Wildman–Crippen MR) is 95.0 cm³/mol. The lowest BCUT2D eigenvalue weighted by molar-refractivity contribution is 0.197. The summed E-state index contributed by atoms with van der Waals surface area (Å²) in [6, 6.07) is 0. The molecule has 2 fully saturated rings. The molecule has 0 amide bonds. The fourth-order valence-corrected chi connectivity index (χ4v) is 3.47. The standard InChI is InChI=1S/C15H29N3O.HI/c1-3-16-14(17-10-6-12-19-2)18-11-9-15(13-18)7-4-5-8-15;/h3-13H2,1-2H3,(H,16,17);1H. The SMILES string of the molecule is CCNC(=NCCCOC)N1CCC2(CCCC2)C1.I. The lowest BCUT2D eigenvalue weighted by atomic mass is 9.86. The van der Waals surface area contributed by atoms with Crippen LogP contribution in [-0.2, 0) is 4.74 Å². The first-order chi connectivity index (χ1) is 9.29. The zero-order valence-corrected chi connectivity index (χ0v) is 15.3. The van der Waals surface area contributed by atoms with Crippen molar-refractivity contribution in [1.82, 2.24) is 10.2 Å². The Bertz CT molecular complexity index is 303. The van der Waals surface area contributed by atoms with Crippen LogP contribution in [0.4, 0.5) is 0 Å². The number of nitrogens with zero attached hydrogens (tertiary/aromatic N) is 2. The van der Waals surface area contributed by atoms with Gasteiger partial charge in [-0.2, -0.15) is 0 Å². The van der Waals surface area contributed by atoms with Gasteiger partial charge in [-0.1, -0.05) is 12.8 Å². The lowest BCUT2D eigenvalue weighted by Crippen LogP contribution is -2.41. The largest absolute Gasteiger partial charge is 0.385 e. The number of halogens is 1. The van der Waals surface area contributed by atoms with Crippen molar-refractivity contribution in [1.29, 1.82) is 0 Å². The molecule has 0 aromatic carbocycles. The first kappa shape index (κ1) is 18.0. The Morgan fingerprint density at radius 3 is 2.70 bits per heavy atom. The van der Waals surface area contributed by atoms with Crippen LogP contribution in [0.15, 0.2) is 4.99 Å². The molecule has 0 radical (unpaired) electrons. The second kappa shape index (κ2) is 9.07. The van der Waals surface area contributed by atoms with Crippen LogP contribution < -0.4 is 5.32 Å². The maximum atomic E-state index is 5.08. The summed E-state index contributed by atoms with van der Waals surface area (Å²) in [6.07, 6.45) is 8.06. The molecule has 0 aromatic heterocycles. The van der Waals surface area contributed by atoms with Gasteiger partial charge < -0.3 is 15.0 Å². The summed E-state index contributed by atoms with van der Waals surface area (Å²) in [5.41, 5.74) is 0.614. The van der Waals surface area contributed by atoms with Crippen molar-refractivity contribution >= 4 is 29.9 Å². The number of guanidine groups is 1. The molecule has 0 bridgehead atoms. The predicted octanol–water partition coefficient (Wildman–Crippen LogP) is 2.87. The first-order valence-electron chi connectivity index (χ1n) is 7.82. The van der Waals surface area contributed by atoms with E-state index in [2.05, 4.69) is 17.1 Å². The van der Waals surface area contributed by atoms with Crippen molar-refractivity contribution in [2.24, 2.45) is 10.4 Å². The molecule has 5 heteroatoms. The van der Waals surface area contributed by atoms with E-state index in [9.17, 15) is 0 Å². The molecular weight excluding hydrogens is 365 g/mol. The Morgan fingerprint density at radius 2 is 2.05 bits per heavy atom. The van der Waals surface area contributed by atoms with Crippen molar-refractivity contribution in [3.05, 3.63) is 0 Å². The summed E-state index contributed by atoms with van der Waals surface area (Å²) in [5.74, 6) is 1.11. The summed E-state index contributed by atoms with van der Waals surface area (Å²) in [4.78, 5) is 7.21. The Hall–Kier alpha value is -0.0400. The first-order valence-corrected chi connectivity index (χ1v) is 7.82. The van der Waals surface area contributed by atoms with E-state index >= 15 is 0 Å². The van der Waals surface area contributed by atoms with E-state index in [0.29, 0.717) is 5.41 Å². The van der Waals surface area contributed by atoms with Crippen molar-refractivity contribution in [2.45, 2.75) is 45.4 Å². The second-order valence-corrected chi connectivity index (χ2v) is 5.96. The molecule has 20 heavy (non-hydrogen) atoms. The summed E-state index contributed by atoms with van der Waals surface area (Å²) in [5, 5.41) is 3.44. The van der Waals surface area contributed by atoms with Gasteiger partial charge in [0.2, 0.25) is 0 Å². The third-order valence-electron chi connectivity index (χ3n) is 4.51. The normalized spacial score (nSPS) is 21.3. The number of likely N-dealkylation sites (tertiary alicyclic amines) is 1. The minimum atomic E-state index is 0. The topological polar surface area (TPSA) is 36.9 Å². The average Bonchev–Trinajstić information content (AvgIpc) is 3.04.